The molecule has 0 N–H and O–H groups in total. The van der Waals surface area contributed by atoms with Gasteiger partial charge in [0.2, 0.25) is 0 Å². The van der Waals surface area contributed by atoms with Crippen molar-refractivity contribution in [3.63, 3.8) is 0 Å². The van der Waals surface area contributed by atoms with E-state index in [-0.39, 0.29) is 5.41 Å². The fraction of sp³-hybridized carbons (Fsp3) is 0.429. The average molecular weight is 271 g/mol. The summed E-state index contributed by atoms with van der Waals surface area (Å²) < 4.78 is 42.7. The molecule has 0 bridgehead atoms. The van der Waals surface area contributed by atoms with Crippen molar-refractivity contribution >= 4 is 6.98 Å². The zero-order valence-corrected chi connectivity index (χ0v) is 11.8. The average Bonchev–Trinajstić information content (AvgIpc) is 2.22. The van der Waals surface area contributed by atoms with Crippen LogP contribution in [0.1, 0.15) is 31.9 Å². The topological polar surface area (TPSA) is 9.23 Å². The van der Waals surface area contributed by atoms with E-state index in [2.05, 4.69) is 6.58 Å². The van der Waals surface area contributed by atoms with E-state index in [1.165, 1.54) is 0 Å². The number of ether oxygens (including phenoxy) is 1. The minimum Gasteiger partial charge on any atom is -0.492 e. The van der Waals surface area contributed by atoms with Crippen molar-refractivity contribution in [2.45, 2.75) is 33.1 Å². The Kier molecular flexibility index (Phi) is 4.38. The van der Waals surface area contributed by atoms with Crippen molar-refractivity contribution in [2.75, 3.05) is 6.61 Å². The summed E-state index contributed by atoms with van der Waals surface area (Å²) in [7, 11) is 0. The molecule has 0 saturated heterocycles. The van der Waals surface area contributed by atoms with Crippen molar-refractivity contribution in [3.05, 3.63) is 41.4 Å². The Morgan fingerprint density at radius 1 is 1.26 bits per heavy atom. The Bertz CT molecular complexity index is 473. The summed E-state index contributed by atoms with van der Waals surface area (Å²) in [6, 6.07) is 5.58. The van der Waals surface area contributed by atoms with E-state index in [9.17, 15) is 12.9 Å². The van der Waals surface area contributed by atoms with Gasteiger partial charge in [0, 0.05) is 0 Å². The van der Waals surface area contributed by atoms with Crippen LogP contribution < -0.4 is 4.74 Å². The molecule has 106 valence electrons. The van der Waals surface area contributed by atoms with Gasteiger partial charge in [-0.1, -0.05) is 32.9 Å². The highest BCUT2D eigenvalue weighted by atomic mass is 19.4. The Hall–Kier alpha value is -1.39. The van der Waals surface area contributed by atoms with E-state index in [1.54, 1.807) is 6.07 Å². The molecular formula is C14H19BF3O-. The van der Waals surface area contributed by atoms with Crippen molar-refractivity contribution in [3.8, 4) is 5.75 Å². The van der Waals surface area contributed by atoms with Crippen LogP contribution >= 0.6 is 0 Å². The van der Waals surface area contributed by atoms with Gasteiger partial charge in [0.1, 0.15) is 5.75 Å². The Labute approximate surface area is 112 Å². The number of hydrogen-bond donors (Lipinski definition) is 0. The van der Waals surface area contributed by atoms with Gasteiger partial charge in [-0.05, 0) is 29.5 Å². The first-order valence-electron chi connectivity index (χ1n) is 6.13. The van der Waals surface area contributed by atoms with Gasteiger partial charge in [-0.15, -0.1) is 12.1 Å². The van der Waals surface area contributed by atoms with E-state index in [0.717, 1.165) is 11.1 Å². The maximum Gasteiger partial charge on any atom is 0.508 e. The summed E-state index contributed by atoms with van der Waals surface area (Å²) in [6.07, 6.45) is 0. The van der Waals surface area contributed by atoms with Crippen LogP contribution in [0.3, 0.4) is 0 Å². The fourth-order valence-electron chi connectivity index (χ4n) is 1.63. The summed E-state index contributed by atoms with van der Waals surface area (Å²) in [4.78, 5) is 0. The number of aryl methyl sites for hydroxylation is 1. The van der Waals surface area contributed by atoms with Gasteiger partial charge >= 0.3 is 6.98 Å². The summed E-state index contributed by atoms with van der Waals surface area (Å²) in [5, 5.41) is 0. The highest BCUT2D eigenvalue weighted by Gasteiger charge is 2.27. The highest BCUT2D eigenvalue weighted by molar-refractivity contribution is 6.66. The van der Waals surface area contributed by atoms with Gasteiger partial charge in [0.25, 0.3) is 0 Å². The molecule has 0 aliphatic rings. The largest absolute Gasteiger partial charge is 0.508 e. The third kappa shape index (κ3) is 4.33. The van der Waals surface area contributed by atoms with Crippen LogP contribution in [0.4, 0.5) is 12.9 Å². The molecule has 0 unspecified atom stereocenters. The molecule has 0 saturated carbocycles. The van der Waals surface area contributed by atoms with Gasteiger partial charge in [-0.25, -0.2) is 0 Å². The predicted molar refractivity (Wildman–Crippen MR) is 73.6 cm³/mol. The quantitative estimate of drug-likeness (QED) is 0.726. The summed E-state index contributed by atoms with van der Waals surface area (Å²) in [6.45, 7) is 5.33. The number of rotatable bonds is 4. The summed E-state index contributed by atoms with van der Waals surface area (Å²) >= 11 is 0. The molecule has 0 aromatic heterocycles. The first-order valence-corrected chi connectivity index (χ1v) is 6.13. The SMILES string of the molecule is C=C(COc1cc(C)ccc1C(C)(C)C)[B-](F)(F)F. The smallest absolute Gasteiger partial charge is 0.492 e. The van der Waals surface area contributed by atoms with Crippen LogP contribution in [0, 0.1) is 6.92 Å². The lowest BCUT2D eigenvalue weighted by atomic mass is 9.81. The van der Waals surface area contributed by atoms with Gasteiger partial charge in [0.05, 0.1) is 6.61 Å². The molecule has 0 amide bonds. The van der Waals surface area contributed by atoms with Gasteiger partial charge in [0.15, 0.2) is 0 Å². The van der Waals surface area contributed by atoms with Gasteiger partial charge in [-0.3, -0.25) is 0 Å². The maximum atomic E-state index is 12.4. The second-order valence-corrected chi connectivity index (χ2v) is 5.77. The molecule has 1 rings (SSSR count). The summed E-state index contributed by atoms with van der Waals surface area (Å²) in [5.74, 6) is 0.494. The third-order valence-corrected chi connectivity index (χ3v) is 2.82. The van der Waals surface area contributed by atoms with E-state index >= 15 is 0 Å². The Morgan fingerprint density at radius 2 is 1.84 bits per heavy atom. The molecule has 0 aliphatic heterocycles. The van der Waals surface area contributed by atoms with Crippen molar-refractivity contribution < 1.29 is 17.7 Å². The number of halogens is 3. The van der Waals surface area contributed by atoms with Crippen LogP contribution in [0.2, 0.25) is 0 Å². The van der Waals surface area contributed by atoms with Crippen molar-refractivity contribution in [1.29, 1.82) is 0 Å². The second kappa shape index (κ2) is 5.31. The van der Waals surface area contributed by atoms with E-state index in [0.29, 0.717) is 5.75 Å². The summed E-state index contributed by atoms with van der Waals surface area (Å²) in [5.41, 5.74) is 0.835. The Balaban J connectivity index is 2.95. The molecule has 1 nitrogen and oxygen atoms in total. The standard InChI is InChI=1S/C14H19BF3O/c1-10-6-7-12(14(3,4)5)13(8-10)19-9-11(2)15(16,17)18/h6-8H,2,9H2,1,3-5H3/q-1. The number of benzene rings is 1. The van der Waals surface area contributed by atoms with Crippen LogP contribution in [0.15, 0.2) is 30.3 Å². The van der Waals surface area contributed by atoms with Crippen LogP contribution in [-0.4, -0.2) is 13.6 Å². The third-order valence-electron chi connectivity index (χ3n) is 2.82. The fourth-order valence-corrected chi connectivity index (χ4v) is 1.63. The lowest BCUT2D eigenvalue weighted by molar-refractivity contribution is 0.336. The first kappa shape index (κ1) is 15.7. The van der Waals surface area contributed by atoms with Crippen LogP contribution in [0.5, 0.6) is 5.75 Å². The second-order valence-electron chi connectivity index (χ2n) is 5.77. The minimum atomic E-state index is -5.04. The van der Waals surface area contributed by atoms with Crippen molar-refractivity contribution in [1.82, 2.24) is 0 Å². The molecule has 19 heavy (non-hydrogen) atoms. The molecule has 1 aromatic rings. The monoisotopic (exact) mass is 271 g/mol. The molecule has 1 aromatic carbocycles. The van der Waals surface area contributed by atoms with Crippen LogP contribution in [-0.2, 0) is 5.41 Å². The molecule has 5 heteroatoms. The predicted octanol–water partition coefficient (Wildman–Crippen LogP) is 4.61. The minimum absolute atomic E-state index is 0.187. The lowest BCUT2D eigenvalue weighted by Crippen LogP contribution is -2.24. The zero-order valence-electron chi connectivity index (χ0n) is 11.8. The van der Waals surface area contributed by atoms with Gasteiger partial charge in [-0.2, -0.15) is 0 Å². The molecule has 0 spiro atoms. The lowest BCUT2D eigenvalue weighted by Gasteiger charge is -2.25. The maximum absolute atomic E-state index is 12.4. The van der Waals surface area contributed by atoms with Crippen molar-refractivity contribution in [2.24, 2.45) is 0 Å². The molecule has 0 fully saturated rings. The molecule has 0 atom stereocenters. The zero-order chi connectivity index (χ0) is 14.8. The molecule has 0 heterocycles. The number of hydrogen-bond acceptors (Lipinski definition) is 1. The highest BCUT2D eigenvalue weighted by Crippen LogP contribution is 2.32. The van der Waals surface area contributed by atoms with E-state index < -0.39 is 19.1 Å². The van der Waals surface area contributed by atoms with E-state index in [4.69, 9.17) is 4.74 Å². The molecule has 0 radical (unpaired) electrons. The Morgan fingerprint density at radius 3 is 2.32 bits per heavy atom. The van der Waals surface area contributed by atoms with Crippen LogP contribution in [0.25, 0.3) is 0 Å². The molecule has 0 aliphatic carbocycles. The van der Waals surface area contributed by atoms with Gasteiger partial charge < -0.3 is 17.7 Å². The normalized spacial score (nSPS) is 12.4. The van der Waals surface area contributed by atoms with E-state index in [1.807, 2.05) is 39.8 Å². The molecular weight excluding hydrogens is 252 g/mol. The first-order chi connectivity index (χ1) is 8.51.